The fourth-order valence-corrected chi connectivity index (χ4v) is 3.30. The van der Waals surface area contributed by atoms with E-state index >= 15 is 0 Å². The third kappa shape index (κ3) is 2.07. The standard InChI is InChI=1S/C12H16OSi/c1-14(2)10-6-5-8-11-7-3-4-9-12(11)13-14/h3-7,9H,8,10H2,1-2H3/b6-5-. The molecule has 0 fully saturated rings. The molecule has 1 aliphatic rings. The zero-order valence-corrected chi connectivity index (χ0v) is 9.79. The van der Waals surface area contributed by atoms with Crippen molar-refractivity contribution in [1.82, 2.24) is 0 Å². The van der Waals surface area contributed by atoms with Gasteiger partial charge in [-0.3, -0.25) is 0 Å². The molecule has 0 saturated carbocycles. The van der Waals surface area contributed by atoms with Gasteiger partial charge in [0.25, 0.3) is 0 Å². The van der Waals surface area contributed by atoms with E-state index in [0.717, 1.165) is 18.2 Å². The molecule has 0 radical (unpaired) electrons. The highest BCUT2D eigenvalue weighted by Gasteiger charge is 2.24. The van der Waals surface area contributed by atoms with Crippen molar-refractivity contribution >= 4 is 8.32 Å². The smallest absolute Gasteiger partial charge is 0.248 e. The van der Waals surface area contributed by atoms with Crippen LogP contribution in [0, 0.1) is 0 Å². The molecule has 0 unspecified atom stereocenters. The van der Waals surface area contributed by atoms with Crippen molar-refractivity contribution in [3.05, 3.63) is 42.0 Å². The molecule has 0 atom stereocenters. The number of rotatable bonds is 0. The summed E-state index contributed by atoms with van der Waals surface area (Å²) in [7, 11) is -1.51. The summed E-state index contributed by atoms with van der Waals surface area (Å²) in [6, 6.07) is 9.47. The number of fused-ring (bicyclic) bond motifs is 1. The first kappa shape index (κ1) is 9.53. The molecule has 0 aliphatic carbocycles. The van der Waals surface area contributed by atoms with E-state index in [2.05, 4.69) is 49.5 Å². The van der Waals surface area contributed by atoms with E-state index in [1.54, 1.807) is 0 Å². The molecule has 0 amide bonds. The minimum atomic E-state index is -1.51. The van der Waals surface area contributed by atoms with Crippen LogP contribution in [-0.4, -0.2) is 8.32 Å². The van der Waals surface area contributed by atoms with Crippen LogP contribution in [0.4, 0.5) is 0 Å². The quantitative estimate of drug-likeness (QED) is 0.465. The van der Waals surface area contributed by atoms with Gasteiger partial charge in [0.15, 0.2) is 0 Å². The molecule has 1 aromatic carbocycles. The summed E-state index contributed by atoms with van der Waals surface area (Å²) < 4.78 is 6.11. The van der Waals surface area contributed by atoms with Gasteiger partial charge in [-0.05, 0) is 37.2 Å². The lowest BCUT2D eigenvalue weighted by atomic mass is 10.1. The normalized spacial score (nSPS) is 21.3. The predicted octanol–water partition coefficient (Wildman–Crippen LogP) is 3.38. The molecule has 0 bridgehead atoms. The van der Waals surface area contributed by atoms with E-state index in [0.29, 0.717) is 0 Å². The van der Waals surface area contributed by atoms with Crippen LogP contribution in [0.5, 0.6) is 5.75 Å². The van der Waals surface area contributed by atoms with Crippen molar-refractivity contribution in [2.75, 3.05) is 0 Å². The summed E-state index contributed by atoms with van der Waals surface area (Å²) in [5.41, 5.74) is 1.31. The zero-order valence-electron chi connectivity index (χ0n) is 8.79. The third-order valence-electron chi connectivity index (χ3n) is 2.47. The number of benzene rings is 1. The molecular weight excluding hydrogens is 188 g/mol. The SMILES string of the molecule is C[Si]1(C)C/C=C\Cc2ccccc2O1. The Morgan fingerprint density at radius 3 is 2.79 bits per heavy atom. The molecule has 1 aliphatic heterocycles. The Kier molecular flexibility index (Phi) is 2.46. The van der Waals surface area contributed by atoms with Crippen LogP contribution in [0.3, 0.4) is 0 Å². The molecule has 1 heterocycles. The maximum atomic E-state index is 6.11. The molecule has 0 N–H and O–H groups in total. The van der Waals surface area contributed by atoms with E-state index in [1.165, 1.54) is 5.56 Å². The monoisotopic (exact) mass is 204 g/mol. The van der Waals surface area contributed by atoms with Crippen LogP contribution in [0.15, 0.2) is 36.4 Å². The maximum Gasteiger partial charge on any atom is 0.248 e. The minimum Gasteiger partial charge on any atom is -0.544 e. The second kappa shape index (κ2) is 3.62. The van der Waals surface area contributed by atoms with Gasteiger partial charge in [0.1, 0.15) is 5.75 Å². The first-order chi connectivity index (χ1) is 6.67. The molecule has 14 heavy (non-hydrogen) atoms. The highest BCUT2D eigenvalue weighted by molar-refractivity contribution is 6.72. The topological polar surface area (TPSA) is 9.23 Å². The van der Waals surface area contributed by atoms with E-state index in [-0.39, 0.29) is 0 Å². The van der Waals surface area contributed by atoms with E-state index in [1.807, 2.05) is 0 Å². The Bertz CT molecular complexity index is 355. The van der Waals surface area contributed by atoms with Gasteiger partial charge in [0.2, 0.25) is 8.32 Å². The Labute approximate surface area is 86.5 Å². The van der Waals surface area contributed by atoms with Gasteiger partial charge in [-0.1, -0.05) is 30.4 Å². The van der Waals surface area contributed by atoms with Crippen molar-refractivity contribution < 1.29 is 4.43 Å². The highest BCUT2D eigenvalue weighted by Crippen LogP contribution is 2.26. The van der Waals surface area contributed by atoms with Crippen molar-refractivity contribution in [2.24, 2.45) is 0 Å². The van der Waals surface area contributed by atoms with Crippen LogP contribution < -0.4 is 4.43 Å². The number of hydrogen-bond acceptors (Lipinski definition) is 1. The number of allylic oxidation sites excluding steroid dienone is 2. The Morgan fingerprint density at radius 2 is 1.93 bits per heavy atom. The summed E-state index contributed by atoms with van der Waals surface area (Å²) in [5, 5.41) is 0. The van der Waals surface area contributed by atoms with Crippen molar-refractivity contribution in [1.29, 1.82) is 0 Å². The lowest BCUT2D eigenvalue weighted by molar-refractivity contribution is 0.544. The second-order valence-corrected chi connectivity index (χ2v) is 8.48. The molecule has 2 rings (SSSR count). The molecule has 0 saturated heterocycles. The highest BCUT2D eigenvalue weighted by atomic mass is 28.4. The fourth-order valence-electron chi connectivity index (χ4n) is 1.69. The van der Waals surface area contributed by atoms with Gasteiger partial charge < -0.3 is 4.43 Å². The fraction of sp³-hybridized carbons (Fsp3) is 0.333. The lowest BCUT2D eigenvalue weighted by Gasteiger charge is -2.25. The molecule has 1 aromatic rings. The van der Waals surface area contributed by atoms with Gasteiger partial charge in [0, 0.05) is 0 Å². The summed E-state index contributed by atoms with van der Waals surface area (Å²) >= 11 is 0. The maximum absolute atomic E-state index is 6.11. The average molecular weight is 204 g/mol. The summed E-state index contributed by atoms with van der Waals surface area (Å²) in [5.74, 6) is 1.09. The van der Waals surface area contributed by atoms with Crippen molar-refractivity contribution in [2.45, 2.75) is 25.6 Å². The van der Waals surface area contributed by atoms with Gasteiger partial charge in [-0.25, -0.2) is 0 Å². The molecule has 74 valence electrons. The van der Waals surface area contributed by atoms with Gasteiger partial charge in [0.05, 0.1) is 0 Å². The minimum absolute atomic E-state index is 1.00. The summed E-state index contributed by atoms with van der Waals surface area (Å²) in [4.78, 5) is 0. The van der Waals surface area contributed by atoms with Crippen LogP contribution in [0.1, 0.15) is 5.56 Å². The Morgan fingerprint density at radius 1 is 1.14 bits per heavy atom. The van der Waals surface area contributed by atoms with Gasteiger partial charge in [-0.2, -0.15) is 0 Å². The van der Waals surface area contributed by atoms with E-state index in [9.17, 15) is 0 Å². The molecule has 2 heteroatoms. The van der Waals surface area contributed by atoms with Crippen LogP contribution in [0.25, 0.3) is 0 Å². The van der Waals surface area contributed by atoms with Crippen molar-refractivity contribution in [3.63, 3.8) is 0 Å². The van der Waals surface area contributed by atoms with E-state index in [4.69, 9.17) is 4.43 Å². The number of hydrogen-bond donors (Lipinski definition) is 0. The lowest BCUT2D eigenvalue weighted by Crippen LogP contribution is -2.34. The number of para-hydroxylation sites is 1. The first-order valence-electron chi connectivity index (χ1n) is 5.09. The summed E-state index contributed by atoms with van der Waals surface area (Å²) in [6.07, 6.45) is 5.53. The van der Waals surface area contributed by atoms with Crippen molar-refractivity contribution in [3.8, 4) is 5.75 Å². The molecule has 1 nitrogen and oxygen atoms in total. The average Bonchev–Trinajstić information content (AvgIpc) is 2.11. The Balaban J connectivity index is 2.37. The van der Waals surface area contributed by atoms with Crippen LogP contribution in [0.2, 0.25) is 19.1 Å². The van der Waals surface area contributed by atoms with E-state index < -0.39 is 8.32 Å². The van der Waals surface area contributed by atoms with Gasteiger partial charge >= 0.3 is 0 Å². The Hall–Kier alpha value is -1.02. The largest absolute Gasteiger partial charge is 0.544 e. The zero-order chi connectivity index (χ0) is 10.0. The first-order valence-corrected chi connectivity index (χ1v) is 8.21. The van der Waals surface area contributed by atoms with Crippen LogP contribution in [-0.2, 0) is 6.42 Å². The summed E-state index contributed by atoms with van der Waals surface area (Å²) in [6.45, 7) is 4.53. The van der Waals surface area contributed by atoms with Gasteiger partial charge in [-0.15, -0.1) is 0 Å². The molecule has 0 aromatic heterocycles. The molecule has 0 spiro atoms. The molecular formula is C12H16OSi. The second-order valence-electron chi connectivity index (χ2n) is 4.35. The third-order valence-corrected chi connectivity index (χ3v) is 4.46. The van der Waals surface area contributed by atoms with Crippen LogP contribution >= 0.6 is 0 Å². The predicted molar refractivity (Wildman–Crippen MR) is 62.2 cm³/mol.